The fourth-order valence-corrected chi connectivity index (χ4v) is 4.17. The van der Waals surface area contributed by atoms with Gasteiger partial charge in [-0.1, -0.05) is 6.07 Å². The van der Waals surface area contributed by atoms with Gasteiger partial charge in [-0.2, -0.15) is 0 Å². The number of piperidine rings is 1. The predicted molar refractivity (Wildman–Crippen MR) is 100 cm³/mol. The molecule has 1 unspecified atom stereocenters. The first kappa shape index (κ1) is 17.8. The summed E-state index contributed by atoms with van der Waals surface area (Å²) in [7, 11) is 0. The summed E-state index contributed by atoms with van der Waals surface area (Å²) in [4.78, 5) is 17.4. The topological polar surface area (TPSA) is 54.0 Å². The number of hydrogen-bond acceptors (Lipinski definition) is 4. The van der Waals surface area contributed by atoms with Crippen molar-refractivity contribution in [3.63, 3.8) is 0 Å². The molecule has 1 atom stereocenters. The summed E-state index contributed by atoms with van der Waals surface area (Å²) in [5, 5.41) is 3.11. The molecule has 6 heteroatoms. The van der Waals surface area contributed by atoms with Crippen LogP contribution < -0.4 is 5.32 Å². The highest BCUT2D eigenvalue weighted by Crippen LogP contribution is 2.25. The van der Waals surface area contributed by atoms with Gasteiger partial charge in [-0.3, -0.25) is 4.90 Å². The van der Waals surface area contributed by atoms with Gasteiger partial charge in [0.1, 0.15) is 0 Å². The van der Waals surface area contributed by atoms with Crippen LogP contribution >= 0.6 is 0 Å². The minimum Gasteiger partial charge on any atom is -0.379 e. The van der Waals surface area contributed by atoms with Crippen molar-refractivity contribution in [2.24, 2.45) is 0 Å². The standard InChI is InChI=1S/C20H29N3O3/c24-20(21-18-5-4-16-14-26-15-17(16)13-18)23-7-2-1-3-19(23)6-8-22-9-11-25-12-10-22/h4-5,13,19H,1-3,6-12,14-15H2,(H,21,24). The van der Waals surface area contributed by atoms with Gasteiger partial charge in [0, 0.05) is 37.9 Å². The molecule has 4 rings (SSSR count). The summed E-state index contributed by atoms with van der Waals surface area (Å²) in [5.41, 5.74) is 3.28. The molecule has 2 fully saturated rings. The number of morpholine rings is 1. The van der Waals surface area contributed by atoms with Crippen LogP contribution in [0.4, 0.5) is 10.5 Å². The van der Waals surface area contributed by atoms with Crippen molar-refractivity contribution >= 4 is 11.7 Å². The van der Waals surface area contributed by atoms with Crippen LogP contribution in [0.15, 0.2) is 18.2 Å². The summed E-state index contributed by atoms with van der Waals surface area (Å²) in [6, 6.07) is 6.47. The van der Waals surface area contributed by atoms with Gasteiger partial charge in [0.25, 0.3) is 0 Å². The lowest BCUT2D eigenvalue weighted by molar-refractivity contribution is 0.0329. The zero-order valence-electron chi connectivity index (χ0n) is 15.4. The van der Waals surface area contributed by atoms with E-state index in [2.05, 4.69) is 16.3 Å². The smallest absolute Gasteiger partial charge is 0.322 e. The summed E-state index contributed by atoms with van der Waals surface area (Å²) in [5.74, 6) is 0. The molecular formula is C20H29N3O3. The van der Waals surface area contributed by atoms with Crippen LogP contribution in [0.25, 0.3) is 0 Å². The van der Waals surface area contributed by atoms with Crippen LogP contribution in [0.2, 0.25) is 0 Å². The van der Waals surface area contributed by atoms with Crippen molar-refractivity contribution in [3.05, 3.63) is 29.3 Å². The van der Waals surface area contributed by atoms with E-state index < -0.39 is 0 Å². The molecule has 0 spiro atoms. The van der Waals surface area contributed by atoms with Crippen LogP contribution in [-0.2, 0) is 22.7 Å². The van der Waals surface area contributed by atoms with Crippen LogP contribution in [0.5, 0.6) is 0 Å². The second-order valence-electron chi connectivity index (χ2n) is 7.49. The molecule has 1 aromatic carbocycles. The second-order valence-corrected chi connectivity index (χ2v) is 7.49. The fourth-order valence-electron chi connectivity index (χ4n) is 4.17. The van der Waals surface area contributed by atoms with Crippen molar-refractivity contribution in [2.75, 3.05) is 44.7 Å². The van der Waals surface area contributed by atoms with Gasteiger partial charge in [0.2, 0.25) is 0 Å². The molecule has 2 amide bonds. The first-order valence-electron chi connectivity index (χ1n) is 9.87. The van der Waals surface area contributed by atoms with Crippen molar-refractivity contribution in [1.82, 2.24) is 9.80 Å². The zero-order valence-corrected chi connectivity index (χ0v) is 15.4. The van der Waals surface area contributed by atoms with E-state index in [0.29, 0.717) is 19.3 Å². The molecule has 1 N–H and O–H groups in total. The fraction of sp³-hybridized carbons (Fsp3) is 0.650. The number of urea groups is 1. The average Bonchev–Trinajstić information content (AvgIpc) is 3.15. The normalized spacial score (nSPS) is 23.7. The van der Waals surface area contributed by atoms with Gasteiger partial charge in [-0.25, -0.2) is 4.79 Å². The van der Waals surface area contributed by atoms with Crippen molar-refractivity contribution in [2.45, 2.75) is 44.9 Å². The first-order valence-corrected chi connectivity index (χ1v) is 9.87. The highest BCUT2D eigenvalue weighted by atomic mass is 16.5. The van der Waals surface area contributed by atoms with E-state index >= 15 is 0 Å². The highest BCUT2D eigenvalue weighted by Gasteiger charge is 2.27. The molecule has 26 heavy (non-hydrogen) atoms. The molecule has 6 nitrogen and oxygen atoms in total. The molecule has 142 valence electrons. The van der Waals surface area contributed by atoms with Gasteiger partial charge >= 0.3 is 6.03 Å². The summed E-state index contributed by atoms with van der Waals surface area (Å²) in [6.07, 6.45) is 4.47. The number of fused-ring (bicyclic) bond motifs is 1. The van der Waals surface area contributed by atoms with E-state index in [1.165, 1.54) is 17.5 Å². The van der Waals surface area contributed by atoms with Gasteiger partial charge in [0.05, 0.1) is 26.4 Å². The average molecular weight is 359 g/mol. The maximum Gasteiger partial charge on any atom is 0.322 e. The minimum atomic E-state index is 0.0375. The Morgan fingerprint density at radius 3 is 2.81 bits per heavy atom. The number of carbonyl (C=O) groups excluding carboxylic acids is 1. The number of benzene rings is 1. The quantitative estimate of drug-likeness (QED) is 0.898. The summed E-state index contributed by atoms with van der Waals surface area (Å²) < 4.78 is 10.9. The lowest BCUT2D eigenvalue weighted by atomic mass is 9.99. The molecule has 3 heterocycles. The minimum absolute atomic E-state index is 0.0375. The van der Waals surface area contributed by atoms with Gasteiger partial charge in [-0.05, 0) is 48.9 Å². The van der Waals surface area contributed by atoms with Crippen molar-refractivity contribution < 1.29 is 14.3 Å². The number of ether oxygens (including phenoxy) is 2. The largest absolute Gasteiger partial charge is 0.379 e. The molecule has 1 aromatic rings. The Bertz CT molecular complexity index is 631. The molecule has 3 aliphatic heterocycles. The lowest BCUT2D eigenvalue weighted by Crippen LogP contribution is -2.48. The first-order chi connectivity index (χ1) is 12.8. The van der Waals surface area contributed by atoms with Gasteiger partial charge in [-0.15, -0.1) is 0 Å². The third-order valence-electron chi connectivity index (χ3n) is 5.74. The van der Waals surface area contributed by atoms with Crippen LogP contribution in [0.1, 0.15) is 36.8 Å². The van der Waals surface area contributed by atoms with Crippen LogP contribution in [0, 0.1) is 0 Å². The van der Waals surface area contributed by atoms with Gasteiger partial charge in [0.15, 0.2) is 0 Å². The molecule has 2 saturated heterocycles. The number of hydrogen-bond donors (Lipinski definition) is 1. The number of amides is 2. The van der Waals surface area contributed by atoms with E-state index in [1.807, 2.05) is 17.0 Å². The maximum atomic E-state index is 12.9. The molecule has 0 saturated carbocycles. The Hall–Kier alpha value is -1.63. The monoisotopic (exact) mass is 359 g/mol. The van der Waals surface area contributed by atoms with E-state index in [9.17, 15) is 4.79 Å². The molecule has 0 bridgehead atoms. The van der Waals surface area contributed by atoms with E-state index in [4.69, 9.17) is 9.47 Å². The molecule has 3 aliphatic rings. The Balaban J connectivity index is 1.35. The third-order valence-corrected chi connectivity index (χ3v) is 5.74. The second kappa shape index (κ2) is 8.37. The zero-order chi connectivity index (χ0) is 17.8. The Labute approximate surface area is 155 Å². The summed E-state index contributed by atoms with van der Waals surface area (Å²) in [6.45, 7) is 6.91. The highest BCUT2D eigenvalue weighted by molar-refractivity contribution is 5.89. The van der Waals surface area contributed by atoms with E-state index in [1.54, 1.807) is 0 Å². The number of rotatable bonds is 4. The number of anilines is 1. The Morgan fingerprint density at radius 2 is 1.92 bits per heavy atom. The van der Waals surface area contributed by atoms with Gasteiger partial charge < -0.3 is 19.7 Å². The van der Waals surface area contributed by atoms with Crippen molar-refractivity contribution in [3.8, 4) is 0 Å². The molecule has 0 radical (unpaired) electrons. The maximum absolute atomic E-state index is 12.9. The molecule has 0 aromatic heterocycles. The molecule has 0 aliphatic carbocycles. The van der Waals surface area contributed by atoms with Crippen LogP contribution in [-0.4, -0.2) is 61.3 Å². The number of carbonyl (C=O) groups is 1. The number of nitrogens with zero attached hydrogens (tertiary/aromatic N) is 2. The van der Waals surface area contributed by atoms with Crippen LogP contribution in [0.3, 0.4) is 0 Å². The SMILES string of the molecule is O=C(Nc1ccc2c(c1)COC2)N1CCCCC1CCN1CCOCC1. The Morgan fingerprint density at radius 1 is 1.08 bits per heavy atom. The summed E-state index contributed by atoms with van der Waals surface area (Å²) >= 11 is 0. The third kappa shape index (κ3) is 4.19. The van der Waals surface area contributed by atoms with E-state index in [-0.39, 0.29) is 6.03 Å². The lowest BCUT2D eigenvalue weighted by Gasteiger charge is -2.37. The Kier molecular flexibility index (Phi) is 5.72. The number of likely N-dealkylation sites (tertiary alicyclic amines) is 1. The van der Waals surface area contributed by atoms with Crippen molar-refractivity contribution in [1.29, 1.82) is 0 Å². The van der Waals surface area contributed by atoms with E-state index in [0.717, 1.165) is 64.3 Å². The molecular weight excluding hydrogens is 330 g/mol. The predicted octanol–water partition coefficient (Wildman–Crippen LogP) is 2.83. The number of nitrogens with one attached hydrogen (secondary N) is 1.